The van der Waals surface area contributed by atoms with Crippen molar-refractivity contribution in [3.8, 4) is 5.75 Å². The second kappa shape index (κ2) is 6.65. The summed E-state index contributed by atoms with van der Waals surface area (Å²) in [6.07, 6.45) is 3.36. The summed E-state index contributed by atoms with van der Waals surface area (Å²) in [5.74, 6) is 0.639. The van der Waals surface area contributed by atoms with Crippen LogP contribution in [0.2, 0.25) is 0 Å². The van der Waals surface area contributed by atoms with E-state index in [-0.39, 0.29) is 18.0 Å². The summed E-state index contributed by atoms with van der Waals surface area (Å²) < 4.78 is 7.04. The van der Waals surface area contributed by atoms with Crippen LogP contribution in [0.15, 0.2) is 36.7 Å². The minimum absolute atomic E-state index is 0.105. The van der Waals surface area contributed by atoms with Crippen LogP contribution in [0.3, 0.4) is 0 Å². The van der Waals surface area contributed by atoms with Crippen molar-refractivity contribution >= 4 is 5.91 Å². The first-order chi connectivity index (χ1) is 11.5. The Kier molecular flexibility index (Phi) is 4.57. The van der Waals surface area contributed by atoms with Gasteiger partial charge in [-0.1, -0.05) is 12.1 Å². The molecule has 2 unspecified atom stereocenters. The summed E-state index contributed by atoms with van der Waals surface area (Å²) >= 11 is 0. The van der Waals surface area contributed by atoms with Crippen LogP contribution in [0.5, 0.6) is 5.75 Å². The van der Waals surface area contributed by atoms with Crippen LogP contribution in [0.1, 0.15) is 48.3 Å². The summed E-state index contributed by atoms with van der Waals surface area (Å²) in [5.41, 5.74) is 1.51. The molecular formula is C18H23N3O3. The zero-order valence-corrected chi connectivity index (χ0v) is 14.2. The van der Waals surface area contributed by atoms with Crippen molar-refractivity contribution in [1.82, 2.24) is 14.7 Å². The highest BCUT2D eigenvalue weighted by Crippen LogP contribution is 2.34. The van der Waals surface area contributed by atoms with Gasteiger partial charge in [-0.05, 0) is 38.0 Å². The Morgan fingerprint density at radius 3 is 2.88 bits per heavy atom. The summed E-state index contributed by atoms with van der Waals surface area (Å²) in [5, 5.41) is 14.3. The molecule has 6 heteroatoms. The number of rotatable bonds is 4. The van der Waals surface area contributed by atoms with Crippen LogP contribution in [0, 0.1) is 0 Å². The van der Waals surface area contributed by atoms with Crippen LogP contribution in [-0.4, -0.2) is 45.5 Å². The predicted octanol–water partition coefficient (Wildman–Crippen LogP) is 2.42. The fraction of sp³-hybridized carbons (Fsp3) is 0.444. The van der Waals surface area contributed by atoms with E-state index < -0.39 is 6.10 Å². The van der Waals surface area contributed by atoms with Gasteiger partial charge in [0, 0.05) is 18.8 Å². The molecule has 2 atom stereocenters. The quantitative estimate of drug-likeness (QED) is 0.935. The van der Waals surface area contributed by atoms with Crippen LogP contribution >= 0.6 is 0 Å². The van der Waals surface area contributed by atoms with Crippen LogP contribution in [-0.2, 0) is 0 Å². The van der Waals surface area contributed by atoms with Crippen molar-refractivity contribution in [3.63, 3.8) is 0 Å². The van der Waals surface area contributed by atoms with Gasteiger partial charge in [-0.25, -0.2) is 0 Å². The normalized spacial score (nSPS) is 20.6. The molecule has 1 N–H and O–H groups in total. The highest BCUT2D eigenvalue weighted by atomic mass is 16.5. The average molecular weight is 329 g/mol. The van der Waals surface area contributed by atoms with Crippen molar-refractivity contribution in [2.75, 3.05) is 13.7 Å². The van der Waals surface area contributed by atoms with Gasteiger partial charge < -0.3 is 14.7 Å². The van der Waals surface area contributed by atoms with Crippen molar-refractivity contribution in [1.29, 1.82) is 0 Å². The van der Waals surface area contributed by atoms with E-state index in [4.69, 9.17) is 4.74 Å². The van der Waals surface area contributed by atoms with E-state index in [0.717, 1.165) is 11.3 Å². The number of aliphatic hydroxyl groups excluding tert-OH is 1. The number of ether oxygens (including phenoxy) is 1. The lowest BCUT2D eigenvalue weighted by atomic mass is 10.0. The Morgan fingerprint density at radius 1 is 1.42 bits per heavy atom. The molecule has 0 bridgehead atoms. The van der Waals surface area contributed by atoms with Crippen LogP contribution < -0.4 is 4.74 Å². The van der Waals surface area contributed by atoms with Crippen molar-refractivity contribution in [2.24, 2.45) is 0 Å². The molecular weight excluding hydrogens is 306 g/mol. The number of hydrogen-bond acceptors (Lipinski definition) is 4. The molecule has 24 heavy (non-hydrogen) atoms. The van der Waals surface area contributed by atoms with Crippen molar-refractivity contribution < 1.29 is 14.6 Å². The Balaban J connectivity index is 1.87. The number of β-amino-alcohol motifs (C(OH)–C–C–N with tert-alkyl or cyclic N) is 1. The Labute approximate surface area is 141 Å². The highest BCUT2D eigenvalue weighted by molar-refractivity contribution is 5.94. The first kappa shape index (κ1) is 16.5. The second-order valence-electron chi connectivity index (χ2n) is 6.44. The minimum atomic E-state index is -0.523. The van der Waals surface area contributed by atoms with E-state index in [1.807, 2.05) is 38.1 Å². The lowest BCUT2D eigenvalue weighted by Gasteiger charge is -2.24. The van der Waals surface area contributed by atoms with E-state index in [1.54, 1.807) is 29.1 Å². The van der Waals surface area contributed by atoms with Gasteiger partial charge in [0.05, 0.1) is 31.0 Å². The number of benzene rings is 1. The first-order valence-corrected chi connectivity index (χ1v) is 8.16. The number of amides is 1. The number of aliphatic hydroxyl groups is 1. The molecule has 128 valence electrons. The molecule has 1 aliphatic rings. The topological polar surface area (TPSA) is 67.6 Å². The summed E-state index contributed by atoms with van der Waals surface area (Å²) in [6, 6.07) is 7.69. The smallest absolute Gasteiger partial charge is 0.257 e. The predicted molar refractivity (Wildman–Crippen MR) is 90.0 cm³/mol. The molecule has 1 aliphatic heterocycles. The molecule has 6 nitrogen and oxygen atoms in total. The number of likely N-dealkylation sites (tertiary alicyclic amines) is 1. The van der Waals surface area contributed by atoms with E-state index in [9.17, 15) is 9.90 Å². The van der Waals surface area contributed by atoms with Crippen molar-refractivity contribution in [3.05, 3.63) is 47.8 Å². The third kappa shape index (κ3) is 3.14. The molecule has 3 rings (SSSR count). The molecule has 0 aliphatic carbocycles. The van der Waals surface area contributed by atoms with Gasteiger partial charge in [0.2, 0.25) is 0 Å². The number of carbonyl (C=O) groups excluding carboxylic acids is 1. The van der Waals surface area contributed by atoms with E-state index >= 15 is 0 Å². The van der Waals surface area contributed by atoms with Gasteiger partial charge in [-0.15, -0.1) is 0 Å². The van der Waals surface area contributed by atoms with Gasteiger partial charge in [-0.3, -0.25) is 9.48 Å². The highest BCUT2D eigenvalue weighted by Gasteiger charge is 2.36. The molecule has 0 radical (unpaired) electrons. The Hall–Kier alpha value is -2.34. The van der Waals surface area contributed by atoms with E-state index in [1.165, 1.54) is 0 Å². The largest absolute Gasteiger partial charge is 0.497 e. The zero-order chi connectivity index (χ0) is 17.3. The monoisotopic (exact) mass is 329 g/mol. The Morgan fingerprint density at radius 2 is 2.21 bits per heavy atom. The summed E-state index contributed by atoms with van der Waals surface area (Å²) in [7, 11) is 1.62. The van der Waals surface area contributed by atoms with E-state index in [0.29, 0.717) is 18.5 Å². The fourth-order valence-corrected chi connectivity index (χ4v) is 3.10. The fourth-order valence-electron chi connectivity index (χ4n) is 3.10. The number of carbonyl (C=O) groups is 1. The molecule has 0 spiro atoms. The number of methoxy groups -OCH3 is 1. The van der Waals surface area contributed by atoms with Gasteiger partial charge in [0.25, 0.3) is 5.91 Å². The van der Waals surface area contributed by atoms with Gasteiger partial charge >= 0.3 is 0 Å². The van der Waals surface area contributed by atoms with Gasteiger partial charge in [-0.2, -0.15) is 5.10 Å². The lowest BCUT2D eigenvalue weighted by molar-refractivity contribution is 0.0715. The third-order valence-corrected chi connectivity index (χ3v) is 4.40. The number of nitrogens with zero attached hydrogens (tertiary/aromatic N) is 3. The zero-order valence-electron chi connectivity index (χ0n) is 14.2. The molecule has 1 amide bonds. The maximum Gasteiger partial charge on any atom is 0.257 e. The molecule has 2 heterocycles. The Bertz CT molecular complexity index is 726. The van der Waals surface area contributed by atoms with E-state index in [2.05, 4.69) is 5.10 Å². The number of aromatic nitrogens is 2. The third-order valence-electron chi connectivity index (χ3n) is 4.40. The first-order valence-electron chi connectivity index (χ1n) is 8.16. The molecule has 1 aromatic heterocycles. The maximum absolute atomic E-state index is 12.9. The molecule has 1 fully saturated rings. The van der Waals surface area contributed by atoms with Gasteiger partial charge in [0.1, 0.15) is 5.75 Å². The second-order valence-corrected chi connectivity index (χ2v) is 6.44. The van der Waals surface area contributed by atoms with Crippen LogP contribution in [0.25, 0.3) is 0 Å². The molecule has 2 aromatic rings. The standard InChI is InChI=1S/C18H23N3O3/c1-12(2)21-10-14(9-19-21)18(23)20-11-15(22)8-17(20)13-5-4-6-16(7-13)24-3/h4-7,9-10,12,15,17,22H,8,11H2,1-3H3. The van der Waals surface area contributed by atoms with Gasteiger partial charge in [0.15, 0.2) is 0 Å². The SMILES string of the molecule is COc1cccc(C2CC(O)CN2C(=O)c2cnn(C(C)C)c2)c1. The minimum Gasteiger partial charge on any atom is -0.497 e. The summed E-state index contributed by atoms with van der Waals surface area (Å²) in [4.78, 5) is 14.6. The van der Waals surface area contributed by atoms with Crippen molar-refractivity contribution in [2.45, 2.75) is 38.5 Å². The summed E-state index contributed by atoms with van der Waals surface area (Å²) in [6.45, 7) is 4.35. The lowest BCUT2D eigenvalue weighted by Crippen LogP contribution is -2.31. The number of hydrogen-bond donors (Lipinski definition) is 1. The van der Waals surface area contributed by atoms with Crippen LogP contribution in [0.4, 0.5) is 0 Å². The maximum atomic E-state index is 12.9. The molecule has 0 saturated carbocycles. The molecule has 1 aromatic carbocycles. The molecule has 1 saturated heterocycles. The average Bonchev–Trinajstić information content (AvgIpc) is 3.21.